The van der Waals surface area contributed by atoms with Gasteiger partial charge in [0.2, 0.25) is 0 Å². The molecule has 0 aromatic carbocycles. The molecule has 0 amide bonds. The fourth-order valence-corrected chi connectivity index (χ4v) is 2.14. The Morgan fingerprint density at radius 2 is 1.93 bits per heavy atom. The number of aliphatic hydroxyl groups excluding tert-OH is 1. The van der Waals surface area contributed by atoms with Crippen LogP contribution in [0.4, 0.5) is 0 Å². The molecule has 1 N–H and O–H groups in total. The predicted molar refractivity (Wildman–Crippen MR) is 57.4 cm³/mol. The first kappa shape index (κ1) is 12.0. The van der Waals surface area contributed by atoms with Crippen molar-refractivity contribution >= 4 is 0 Å². The van der Waals surface area contributed by atoms with E-state index in [2.05, 4.69) is 11.9 Å². The number of rotatable bonds is 5. The highest BCUT2D eigenvalue weighted by Crippen LogP contribution is 2.22. The summed E-state index contributed by atoms with van der Waals surface area (Å²) in [5.41, 5.74) is 0. The number of hydrogen-bond acceptors (Lipinski definition) is 3. The Bertz CT molecular complexity index is 144. The lowest BCUT2D eigenvalue weighted by Gasteiger charge is -2.33. The van der Waals surface area contributed by atoms with Gasteiger partial charge in [-0.2, -0.15) is 0 Å². The maximum atomic E-state index is 9.38. The average Bonchev–Trinajstić information content (AvgIpc) is 2.19. The van der Waals surface area contributed by atoms with E-state index in [4.69, 9.17) is 4.74 Å². The van der Waals surface area contributed by atoms with E-state index in [0.717, 1.165) is 45.3 Å². The van der Waals surface area contributed by atoms with Crippen molar-refractivity contribution in [1.82, 2.24) is 4.90 Å². The van der Waals surface area contributed by atoms with Gasteiger partial charge in [0.1, 0.15) is 0 Å². The smallest absolute Gasteiger partial charge is 0.0541 e. The molecule has 0 bridgehead atoms. The molecule has 14 heavy (non-hydrogen) atoms. The predicted octanol–water partition coefficient (Wildman–Crippen LogP) is 1.26. The van der Waals surface area contributed by atoms with Crippen LogP contribution in [0.5, 0.6) is 0 Å². The quantitative estimate of drug-likeness (QED) is 0.680. The van der Waals surface area contributed by atoms with Crippen LogP contribution in [0, 0.1) is 0 Å². The summed E-state index contributed by atoms with van der Waals surface area (Å²) in [6, 6.07) is 0.676. The molecule has 1 rings (SSSR count). The van der Waals surface area contributed by atoms with Gasteiger partial charge in [-0.15, -0.1) is 0 Å². The minimum absolute atomic E-state index is 0.0429. The van der Waals surface area contributed by atoms with E-state index in [9.17, 15) is 5.11 Å². The van der Waals surface area contributed by atoms with Crippen LogP contribution in [0.15, 0.2) is 0 Å². The van der Waals surface area contributed by atoms with E-state index in [-0.39, 0.29) is 6.10 Å². The maximum Gasteiger partial charge on any atom is 0.0541 e. The molecule has 3 nitrogen and oxygen atoms in total. The van der Waals surface area contributed by atoms with Gasteiger partial charge in [-0.05, 0) is 39.2 Å². The summed E-state index contributed by atoms with van der Waals surface area (Å²) in [5.74, 6) is 0. The first-order valence-electron chi connectivity index (χ1n) is 5.61. The minimum atomic E-state index is -0.0429. The van der Waals surface area contributed by atoms with Crippen LogP contribution in [0.25, 0.3) is 0 Å². The molecular formula is C11H23NO2. The minimum Gasteiger partial charge on any atom is -0.393 e. The summed E-state index contributed by atoms with van der Waals surface area (Å²) >= 11 is 0. The molecule has 0 spiro atoms. The number of nitrogens with zero attached hydrogens (tertiary/aromatic N) is 1. The molecule has 3 heteroatoms. The highest BCUT2D eigenvalue weighted by Gasteiger charge is 2.21. The molecule has 0 atom stereocenters. The van der Waals surface area contributed by atoms with Crippen LogP contribution in [-0.2, 0) is 4.74 Å². The monoisotopic (exact) mass is 201 g/mol. The third-order valence-corrected chi connectivity index (χ3v) is 3.15. The van der Waals surface area contributed by atoms with Crippen LogP contribution in [0.1, 0.15) is 32.1 Å². The van der Waals surface area contributed by atoms with Crippen molar-refractivity contribution in [2.24, 2.45) is 0 Å². The summed E-state index contributed by atoms with van der Waals surface area (Å²) in [5, 5.41) is 9.38. The lowest BCUT2D eigenvalue weighted by molar-refractivity contribution is 0.0799. The molecule has 84 valence electrons. The lowest BCUT2D eigenvalue weighted by atomic mass is 9.92. The van der Waals surface area contributed by atoms with Crippen LogP contribution in [-0.4, -0.2) is 49.5 Å². The first-order valence-corrected chi connectivity index (χ1v) is 5.61. The van der Waals surface area contributed by atoms with Gasteiger partial charge in [-0.25, -0.2) is 0 Å². The van der Waals surface area contributed by atoms with Gasteiger partial charge in [0.25, 0.3) is 0 Å². The standard InChI is InChI=1S/C11H23NO2/c1-12(8-3-9-14-2)10-4-6-11(13)7-5-10/h10-11,13H,3-9H2,1-2H3. The number of aliphatic hydroxyl groups is 1. The van der Waals surface area contributed by atoms with Crippen LogP contribution in [0.2, 0.25) is 0 Å². The van der Waals surface area contributed by atoms with Gasteiger partial charge in [0.15, 0.2) is 0 Å². The third kappa shape index (κ3) is 3.95. The normalized spacial score (nSPS) is 28.3. The molecule has 0 saturated heterocycles. The van der Waals surface area contributed by atoms with Crippen molar-refractivity contribution < 1.29 is 9.84 Å². The van der Waals surface area contributed by atoms with E-state index in [1.165, 1.54) is 0 Å². The first-order chi connectivity index (χ1) is 6.74. The Balaban J connectivity index is 2.13. The van der Waals surface area contributed by atoms with Gasteiger partial charge < -0.3 is 14.7 Å². The van der Waals surface area contributed by atoms with E-state index >= 15 is 0 Å². The highest BCUT2D eigenvalue weighted by atomic mass is 16.5. The molecule has 0 radical (unpaired) electrons. The summed E-state index contributed by atoms with van der Waals surface area (Å²) in [4.78, 5) is 2.41. The van der Waals surface area contributed by atoms with Crippen molar-refractivity contribution in [3.05, 3.63) is 0 Å². The van der Waals surface area contributed by atoms with Gasteiger partial charge in [0, 0.05) is 26.3 Å². The molecule has 0 unspecified atom stereocenters. The van der Waals surface area contributed by atoms with Crippen molar-refractivity contribution in [2.75, 3.05) is 27.3 Å². The Hall–Kier alpha value is -0.120. The zero-order chi connectivity index (χ0) is 10.4. The van der Waals surface area contributed by atoms with Crippen molar-refractivity contribution in [3.63, 3.8) is 0 Å². The Morgan fingerprint density at radius 1 is 1.29 bits per heavy atom. The summed E-state index contributed by atoms with van der Waals surface area (Å²) < 4.78 is 5.03. The summed E-state index contributed by atoms with van der Waals surface area (Å²) in [6.07, 6.45) is 5.29. The molecule has 1 saturated carbocycles. The second-order valence-electron chi connectivity index (χ2n) is 4.29. The van der Waals surface area contributed by atoms with E-state index in [1.807, 2.05) is 0 Å². The number of methoxy groups -OCH3 is 1. The molecule has 0 aliphatic heterocycles. The van der Waals surface area contributed by atoms with Gasteiger partial charge in [-0.3, -0.25) is 0 Å². The number of hydrogen-bond donors (Lipinski definition) is 1. The van der Waals surface area contributed by atoms with Crippen molar-refractivity contribution in [1.29, 1.82) is 0 Å². The van der Waals surface area contributed by atoms with E-state index in [0.29, 0.717) is 6.04 Å². The van der Waals surface area contributed by atoms with Crippen LogP contribution < -0.4 is 0 Å². The molecule has 0 aromatic heterocycles. The average molecular weight is 201 g/mol. The molecule has 0 heterocycles. The highest BCUT2D eigenvalue weighted by molar-refractivity contribution is 4.77. The zero-order valence-electron chi connectivity index (χ0n) is 9.41. The van der Waals surface area contributed by atoms with Gasteiger partial charge in [-0.1, -0.05) is 0 Å². The molecule has 1 aliphatic rings. The third-order valence-electron chi connectivity index (χ3n) is 3.15. The van der Waals surface area contributed by atoms with Crippen molar-refractivity contribution in [3.8, 4) is 0 Å². The topological polar surface area (TPSA) is 32.7 Å². The number of ether oxygens (including phenoxy) is 1. The lowest BCUT2D eigenvalue weighted by Crippen LogP contribution is -2.37. The second-order valence-corrected chi connectivity index (χ2v) is 4.29. The fraction of sp³-hybridized carbons (Fsp3) is 1.00. The molecule has 1 fully saturated rings. The zero-order valence-corrected chi connectivity index (χ0v) is 9.41. The summed E-state index contributed by atoms with van der Waals surface area (Å²) in [6.45, 7) is 1.95. The maximum absolute atomic E-state index is 9.38. The van der Waals surface area contributed by atoms with Gasteiger partial charge >= 0.3 is 0 Å². The van der Waals surface area contributed by atoms with Crippen molar-refractivity contribution in [2.45, 2.75) is 44.2 Å². The fourth-order valence-electron chi connectivity index (χ4n) is 2.14. The molecular weight excluding hydrogens is 178 g/mol. The van der Waals surface area contributed by atoms with E-state index < -0.39 is 0 Å². The molecule has 0 aromatic rings. The largest absolute Gasteiger partial charge is 0.393 e. The van der Waals surface area contributed by atoms with Crippen LogP contribution >= 0.6 is 0 Å². The Labute approximate surface area is 87.1 Å². The van der Waals surface area contributed by atoms with Crippen LogP contribution in [0.3, 0.4) is 0 Å². The summed E-state index contributed by atoms with van der Waals surface area (Å²) in [7, 11) is 3.93. The Kier molecular flexibility index (Phi) is 5.45. The van der Waals surface area contributed by atoms with E-state index in [1.54, 1.807) is 7.11 Å². The second kappa shape index (κ2) is 6.38. The Morgan fingerprint density at radius 3 is 2.50 bits per heavy atom. The molecule has 1 aliphatic carbocycles. The SMILES string of the molecule is COCCCN(C)C1CCC(O)CC1. The van der Waals surface area contributed by atoms with Gasteiger partial charge in [0.05, 0.1) is 6.10 Å².